The molecular formula is C27H23ClN4O4S. The summed E-state index contributed by atoms with van der Waals surface area (Å²) in [5, 5.41) is 13.9. The Hall–Kier alpha value is -3.66. The molecule has 1 amide bonds. The van der Waals surface area contributed by atoms with E-state index in [0.29, 0.717) is 56.6 Å². The van der Waals surface area contributed by atoms with Crippen molar-refractivity contribution in [3.63, 3.8) is 0 Å². The first-order valence-electron chi connectivity index (χ1n) is 11.4. The Balaban J connectivity index is 1.48. The van der Waals surface area contributed by atoms with Gasteiger partial charge in [0.15, 0.2) is 11.6 Å². The number of carbonyl (C=O) groups is 1. The van der Waals surface area contributed by atoms with Crippen molar-refractivity contribution < 1.29 is 19.4 Å². The predicted octanol–water partition coefficient (Wildman–Crippen LogP) is 5.43. The largest absolute Gasteiger partial charge is 0.497 e. The third kappa shape index (κ3) is 5.39. The normalized spacial score (nSPS) is 11.8. The Morgan fingerprint density at radius 3 is 2.81 bits per heavy atom. The molecule has 188 valence electrons. The number of amides is 1. The molecule has 2 N–H and O–H groups in total. The summed E-state index contributed by atoms with van der Waals surface area (Å²) < 4.78 is 11.5. The molecule has 3 heterocycles. The first kappa shape index (κ1) is 25.0. The van der Waals surface area contributed by atoms with Gasteiger partial charge in [0, 0.05) is 46.1 Å². The quantitative estimate of drug-likeness (QED) is 0.210. The Kier molecular flexibility index (Phi) is 7.27. The molecule has 0 bridgehead atoms. The number of benzene rings is 2. The van der Waals surface area contributed by atoms with Crippen LogP contribution in [0.2, 0.25) is 5.02 Å². The molecule has 2 aromatic carbocycles. The third-order valence-electron chi connectivity index (χ3n) is 5.83. The highest BCUT2D eigenvalue weighted by atomic mass is 35.5. The van der Waals surface area contributed by atoms with Crippen LogP contribution in [0.15, 0.2) is 59.8 Å². The maximum atomic E-state index is 12.8. The van der Waals surface area contributed by atoms with Crippen molar-refractivity contribution in [2.45, 2.75) is 25.0 Å². The van der Waals surface area contributed by atoms with Crippen LogP contribution >= 0.6 is 23.4 Å². The fourth-order valence-corrected chi connectivity index (χ4v) is 5.02. The van der Waals surface area contributed by atoms with Gasteiger partial charge in [-0.3, -0.25) is 9.78 Å². The van der Waals surface area contributed by atoms with Crippen LogP contribution in [0.5, 0.6) is 17.4 Å². The topological polar surface area (TPSA) is 106 Å². The second-order valence-electron chi connectivity index (χ2n) is 8.33. The van der Waals surface area contributed by atoms with E-state index in [9.17, 15) is 9.90 Å². The molecule has 5 rings (SSSR count). The van der Waals surface area contributed by atoms with Gasteiger partial charge in [0.2, 0.25) is 11.8 Å². The van der Waals surface area contributed by atoms with Gasteiger partial charge >= 0.3 is 0 Å². The van der Waals surface area contributed by atoms with Crippen LogP contribution in [0.3, 0.4) is 0 Å². The van der Waals surface area contributed by atoms with Crippen molar-refractivity contribution in [2.75, 3.05) is 18.2 Å². The van der Waals surface area contributed by atoms with Crippen LogP contribution in [-0.4, -0.2) is 38.8 Å². The lowest BCUT2D eigenvalue weighted by molar-refractivity contribution is -0.113. The van der Waals surface area contributed by atoms with Crippen molar-refractivity contribution in [2.24, 2.45) is 0 Å². The minimum atomic E-state index is -0.192. The molecule has 0 saturated heterocycles. The van der Waals surface area contributed by atoms with E-state index in [-0.39, 0.29) is 18.3 Å². The molecule has 2 aromatic heterocycles. The molecule has 1 aliphatic heterocycles. The molecule has 0 aliphatic carbocycles. The number of fused-ring (bicyclic) bond motifs is 2. The number of methoxy groups -OCH3 is 1. The van der Waals surface area contributed by atoms with Crippen molar-refractivity contribution in [3.05, 3.63) is 82.1 Å². The summed E-state index contributed by atoms with van der Waals surface area (Å²) in [5.41, 5.74) is 4.33. The minimum Gasteiger partial charge on any atom is -0.497 e. The zero-order valence-corrected chi connectivity index (χ0v) is 21.7. The number of ether oxygens (including phenoxy) is 2. The van der Waals surface area contributed by atoms with Gasteiger partial charge in [-0.1, -0.05) is 41.6 Å². The maximum absolute atomic E-state index is 12.8. The number of hydrogen-bond donors (Lipinski definition) is 2. The Morgan fingerprint density at radius 1 is 1.19 bits per heavy atom. The fraction of sp³-hybridized carbons (Fsp3) is 0.185. The van der Waals surface area contributed by atoms with Crippen LogP contribution in [0.4, 0.5) is 5.69 Å². The summed E-state index contributed by atoms with van der Waals surface area (Å²) in [6.45, 7) is 1.68. The van der Waals surface area contributed by atoms with Gasteiger partial charge < -0.3 is 19.9 Å². The lowest BCUT2D eigenvalue weighted by Gasteiger charge is -2.24. The zero-order valence-electron chi connectivity index (χ0n) is 20.1. The number of thioether (sulfide) groups is 1. The second kappa shape index (κ2) is 10.8. The number of aromatic nitrogens is 3. The molecular weight excluding hydrogens is 512 g/mol. The van der Waals surface area contributed by atoms with E-state index in [1.54, 1.807) is 37.6 Å². The van der Waals surface area contributed by atoms with Crippen LogP contribution in [-0.2, 0) is 17.8 Å². The minimum absolute atomic E-state index is 0.116. The van der Waals surface area contributed by atoms with Crippen LogP contribution in [0, 0.1) is 6.92 Å². The number of hydrogen-bond acceptors (Lipinski definition) is 8. The summed E-state index contributed by atoms with van der Waals surface area (Å²) >= 11 is 7.51. The second-order valence-corrected chi connectivity index (χ2v) is 9.73. The highest BCUT2D eigenvalue weighted by Crippen LogP contribution is 2.42. The summed E-state index contributed by atoms with van der Waals surface area (Å²) in [5.74, 6) is 1.99. The predicted molar refractivity (Wildman–Crippen MR) is 143 cm³/mol. The van der Waals surface area contributed by atoms with Gasteiger partial charge in [-0.2, -0.15) is 4.98 Å². The van der Waals surface area contributed by atoms with Gasteiger partial charge in [-0.15, -0.1) is 0 Å². The smallest absolute Gasteiger partial charge is 0.234 e. The Bertz CT molecular complexity index is 1500. The number of pyridine rings is 1. The van der Waals surface area contributed by atoms with Crippen LogP contribution < -0.4 is 14.8 Å². The average molecular weight is 535 g/mol. The average Bonchev–Trinajstić information content (AvgIpc) is 2.91. The molecule has 0 atom stereocenters. The first-order chi connectivity index (χ1) is 17.9. The maximum Gasteiger partial charge on any atom is 0.234 e. The van der Waals surface area contributed by atoms with Gasteiger partial charge in [0.1, 0.15) is 10.8 Å². The van der Waals surface area contributed by atoms with E-state index in [2.05, 4.69) is 15.3 Å². The van der Waals surface area contributed by atoms with Crippen molar-refractivity contribution >= 4 is 35.0 Å². The molecule has 37 heavy (non-hydrogen) atoms. The SMILES string of the molecule is COc1cccc(NC(=O)CSc2nc(-c3cccc(Cl)c3)nc3c2Cc2c(CO)cnc(C)c2O3)c1. The number of nitrogens with one attached hydrogen (secondary N) is 1. The highest BCUT2D eigenvalue weighted by molar-refractivity contribution is 8.00. The van der Waals surface area contributed by atoms with Crippen LogP contribution in [0.1, 0.15) is 22.4 Å². The molecule has 10 heteroatoms. The summed E-state index contributed by atoms with van der Waals surface area (Å²) in [6, 6.07) is 14.4. The number of aliphatic hydroxyl groups excluding tert-OH is 1. The monoisotopic (exact) mass is 534 g/mol. The lowest BCUT2D eigenvalue weighted by atomic mass is 9.99. The third-order valence-corrected chi connectivity index (χ3v) is 7.09. The molecule has 0 radical (unpaired) electrons. The van der Waals surface area contributed by atoms with Crippen molar-refractivity contribution in [1.82, 2.24) is 15.0 Å². The molecule has 0 saturated carbocycles. The van der Waals surface area contributed by atoms with Crippen molar-refractivity contribution in [3.8, 4) is 28.8 Å². The highest BCUT2D eigenvalue weighted by Gasteiger charge is 2.28. The number of halogens is 1. The van der Waals surface area contributed by atoms with E-state index in [0.717, 1.165) is 16.7 Å². The standard InChI is InChI=1S/C27H23ClN4O4S/c1-15-24-21(17(13-33)12-29-15)11-22-26(36-24)31-25(16-5-3-6-18(28)9-16)32-27(22)37-14-23(34)30-19-7-4-8-20(10-19)35-2/h3-10,12,33H,11,13-14H2,1-2H3,(H,30,34). The molecule has 0 fully saturated rings. The van der Waals surface area contributed by atoms with Gasteiger partial charge in [-0.25, -0.2) is 4.98 Å². The molecule has 1 aliphatic rings. The first-order valence-corrected chi connectivity index (χ1v) is 12.8. The Labute approximate surface area is 223 Å². The molecule has 0 spiro atoms. The van der Waals surface area contributed by atoms with E-state index < -0.39 is 0 Å². The van der Waals surface area contributed by atoms with Gasteiger partial charge in [-0.05, 0) is 31.2 Å². The van der Waals surface area contributed by atoms with Gasteiger partial charge in [0.05, 0.1) is 30.7 Å². The van der Waals surface area contributed by atoms with E-state index in [4.69, 9.17) is 26.1 Å². The van der Waals surface area contributed by atoms with Crippen LogP contribution in [0.25, 0.3) is 11.4 Å². The van der Waals surface area contributed by atoms with E-state index in [1.807, 2.05) is 31.2 Å². The van der Waals surface area contributed by atoms with E-state index in [1.165, 1.54) is 11.8 Å². The van der Waals surface area contributed by atoms with Crippen molar-refractivity contribution in [1.29, 1.82) is 0 Å². The van der Waals surface area contributed by atoms with Gasteiger partial charge in [0.25, 0.3) is 0 Å². The summed E-state index contributed by atoms with van der Waals surface area (Å²) in [7, 11) is 1.58. The summed E-state index contributed by atoms with van der Waals surface area (Å²) in [6.07, 6.45) is 2.09. The number of aliphatic hydroxyl groups is 1. The Morgan fingerprint density at radius 2 is 2.03 bits per heavy atom. The molecule has 8 nitrogen and oxygen atoms in total. The number of carbonyl (C=O) groups excluding carboxylic acids is 1. The number of rotatable bonds is 7. The molecule has 4 aromatic rings. The zero-order chi connectivity index (χ0) is 25.9. The number of anilines is 1. The summed E-state index contributed by atoms with van der Waals surface area (Å²) in [4.78, 5) is 26.6. The fourth-order valence-electron chi connectivity index (χ4n) is 4.00. The number of aryl methyl sites for hydroxylation is 1. The lowest BCUT2D eigenvalue weighted by Crippen LogP contribution is -2.16. The van der Waals surface area contributed by atoms with E-state index >= 15 is 0 Å². The molecule has 0 unspecified atom stereocenters. The number of nitrogens with zero attached hydrogens (tertiary/aromatic N) is 3.